The highest BCUT2D eigenvalue weighted by Gasteiger charge is 2.30. The lowest BCUT2D eigenvalue weighted by Crippen LogP contribution is -2.50. The van der Waals surface area contributed by atoms with E-state index in [1.54, 1.807) is 4.90 Å². The Morgan fingerprint density at radius 2 is 1.80 bits per heavy atom. The monoisotopic (exact) mass is 283 g/mol. The van der Waals surface area contributed by atoms with Crippen LogP contribution in [0.15, 0.2) is 0 Å². The second-order valence-electron chi connectivity index (χ2n) is 5.35. The number of amides is 3. The molecule has 1 atom stereocenters. The molecule has 2 heterocycles. The van der Waals surface area contributed by atoms with E-state index >= 15 is 0 Å². The van der Waals surface area contributed by atoms with Crippen molar-refractivity contribution >= 4 is 17.9 Å². The van der Waals surface area contributed by atoms with Crippen LogP contribution in [0.25, 0.3) is 0 Å². The van der Waals surface area contributed by atoms with Crippen molar-refractivity contribution in [1.82, 2.24) is 15.1 Å². The van der Waals surface area contributed by atoms with Gasteiger partial charge in [-0.3, -0.25) is 9.59 Å². The lowest BCUT2D eigenvalue weighted by molar-refractivity contribution is -0.140. The van der Waals surface area contributed by atoms with Crippen LogP contribution in [0.2, 0.25) is 0 Å². The normalized spacial score (nSPS) is 23.6. The van der Waals surface area contributed by atoms with Gasteiger partial charge in [-0.2, -0.15) is 0 Å². The number of carbonyl (C=O) groups is 3. The highest BCUT2D eigenvalue weighted by Crippen LogP contribution is 2.14. The summed E-state index contributed by atoms with van der Waals surface area (Å²) in [4.78, 5) is 38.3. The van der Waals surface area contributed by atoms with E-state index in [1.807, 2.05) is 0 Å². The molecule has 2 aliphatic heterocycles. The fourth-order valence-corrected chi connectivity index (χ4v) is 2.77. The van der Waals surface area contributed by atoms with Crippen LogP contribution in [0.3, 0.4) is 0 Å². The van der Waals surface area contributed by atoms with E-state index in [9.17, 15) is 14.4 Å². The van der Waals surface area contributed by atoms with Crippen LogP contribution >= 0.6 is 0 Å². The summed E-state index contributed by atoms with van der Waals surface area (Å²) in [6.07, 6.45) is 2.92. The molecule has 7 heteroatoms. The minimum Gasteiger partial charge on any atom is -0.465 e. The molecular weight excluding hydrogens is 262 g/mol. The predicted octanol–water partition coefficient (Wildman–Crippen LogP) is 0.257. The van der Waals surface area contributed by atoms with Crippen molar-refractivity contribution in [3.05, 3.63) is 0 Å². The van der Waals surface area contributed by atoms with Gasteiger partial charge in [0.2, 0.25) is 11.8 Å². The molecule has 0 radical (unpaired) electrons. The summed E-state index contributed by atoms with van der Waals surface area (Å²) in [7, 11) is 0. The van der Waals surface area contributed by atoms with Gasteiger partial charge in [-0.05, 0) is 32.1 Å². The van der Waals surface area contributed by atoms with Crippen molar-refractivity contribution in [2.24, 2.45) is 0 Å². The van der Waals surface area contributed by atoms with E-state index in [4.69, 9.17) is 5.11 Å². The summed E-state index contributed by atoms with van der Waals surface area (Å²) in [5.41, 5.74) is 0. The largest absolute Gasteiger partial charge is 0.465 e. The smallest absolute Gasteiger partial charge is 0.405 e. The number of nitrogens with zero attached hydrogens (tertiary/aromatic N) is 2. The van der Waals surface area contributed by atoms with Crippen molar-refractivity contribution in [3.63, 3.8) is 0 Å². The lowest BCUT2D eigenvalue weighted by atomic mass is 10.1. The Balaban J connectivity index is 1.95. The molecule has 0 unspecified atom stereocenters. The fraction of sp³-hybridized carbons (Fsp3) is 0.769. The van der Waals surface area contributed by atoms with Crippen LogP contribution in [-0.4, -0.2) is 65.0 Å². The summed E-state index contributed by atoms with van der Waals surface area (Å²) < 4.78 is 0. The lowest BCUT2D eigenvalue weighted by Gasteiger charge is -2.26. The van der Waals surface area contributed by atoms with E-state index < -0.39 is 12.1 Å². The first-order chi connectivity index (χ1) is 9.58. The van der Waals surface area contributed by atoms with Gasteiger partial charge in [0.05, 0.1) is 6.54 Å². The highest BCUT2D eigenvalue weighted by atomic mass is 16.4. The van der Waals surface area contributed by atoms with Crippen LogP contribution in [0.5, 0.6) is 0 Å². The Bertz CT molecular complexity index is 393. The SMILES string of the molecule is O=C(O)N[C@H]1CCCCN(CC(=O)N2CCCC2)C1=O. The predicted molar refractivity (Wildman–Crippen MR) is 71.2 cm³/mol. The van der Waals surface area contributed by atoms with Gasteiger partial charge >= 0.3 is 6.09 Å². The maximum absolute atomic E-state index is 12.3. The minimum absolute atomic E-state index is 0.0353. The van der Waals surface area contributed by atoms with Crippen molar-refractivity contribution in [2.45, 2.75) is 38.1 Å². The molecule has 0 saturated carbocycles. The van der Waals surface area contributed by atoms with Crippen LogP contribution in [0, 0.1) is 0 Å². The first-order valence-corrected chi connectivity index (χ1v) is 7.14. The Morgan fingerprint density at radius 3 is 2.45 bits per heavy atom. The zero-order valence-electron chi connectivity index (χ0n) is 11.5. The number of nitrogens with one attached hydrogen (secondary N) is 1. The van der Waals surface area contributed by atoms with Gasteiger partial charge < -0.3 is 20.2 Å². The number of carboxylic acid groups (broad SMARTS) is 1. The second kappa shape index (κ2) is 6.58. The quantitative estimate of drug-likeness (QED) is 0.777. The Kier molecular flexibility index (Phi) is 4.81. The van der Waals surface area contributed by atoms with Gasteiger partial charge in [0, 0.05) is 19.6 Å². The summed E-state index contributed by atoms with van der Waals surface area (Å²) in [5.74, 6) is -0.315. The fourth-order valence-electron chi connectivity index (χ4n) is 2.77. The molecule has 2 saturated heterocycles. The zero-order valence-corrected chi connectivity index (χ0v) is 11.5. The van der Waals surface area contributed by atoms with Crippen molar-refractivity contribution in [1.29, 1.82) is 0 Å². The topological polar surface area (TPSA) is 89.9 Å². The van der Waals surface area contributed by atoms with Crippen LogP contribution < -0.4 is 5.32 Å². The second-order valence-corrected chi connectivity index (χ2v) is 5.35. The van der Waals surface area contributed by atoms with E-state index in [-0.39, 0.29) is 18.4 Å². The molecule has 0 aromatic carbocycles. The first kappa shape index (κ1) is 14.6. The maximum Gasteiger partial charge on any atom is 0.405 e. The van der Waals surface area contributed by atoms with E-state index in [0.717, 1.165) is 38.8 Å². The maximum atomic E-state index is 12.3. The van der Waals surface area contributed by atoms with Gasteiger partial charge in [-0.1, -0.05) is 0 Å². The number of rotatable bonds is 3. The molecule has 2 rings (SSSR count). The minimum atomic E-state index is -1.20. The van der Waals surface area contributed by atoms with Crippen LogP contribution in [-0.2, 0) is 9.59 Å². The van der Waals surface area contributed by atoms with Gasteiger partial charge in [0.25, 0.3) is 0 Å². The molecule has 2 fully saturated rings. The molecule has 7 nitrogen and oxygen atoms in total. The van der Waals surface area contributed by atoms with Crippen LogP contribution in [0.1, 0.15) is 32.1 Å². The standard InChI is InChI=1S/C13H21N3O4/c17-11(15-6-3-4-7-15)9-16-8-2-1-5-10(12(16)18)14-13(19)20/h10,14H,1-9H2,(H,19,20)/t10-/m0/s1. The molecule has 0 aromatic rings. The van der Waals surface area contributed by atoms with Crippen molar-refractivity contribution in [3.8, 4) is 0 Å². The summed E-state index contributed by atoms with van der Waals surface area (Å²) in [6.45, 7) is 2.11. The Labute approximate surface area is 117 Å². The molecule has 0 aliphatic carbocycles. The Morgan fingerprint density at radius 1 is 1.15 bits per heavy atom. The molecule has 0 aromatic heterocycles. The molecular formula is C13H21N3O4. The summed E-state index contributed by atoms with van der Waals surface area (Å²) in [6, 6.07) is -0.721. The van der Waals surface area contributed by atoms with E-state index in [2.05, 4.69) is 5.32 Å². The van der Waals surface area contributed by atoms with Gasteiger partial charge in [0.1, 0.15) is 6.04 Å². The highest BCUT2D eigenvalue weighted by molar-refractivity contribution is 5.89. The molecule has 2 aliphatic rings. The van der Waals surface area contributed by atoms with Crippen molar-refractivity contribution in [2.75, 3.05) is 26.2 Å². The number of likely N-dealkylation sites (tertiary alicyclic amines) is 2. The summed E-state index contributed by atoms with van der Waals surface area (Å²) in [5, 5.41) is 11.0. The Hall–Kier alpha value is -1.79. The molecule has 112 valence electrons. The van der Waals surface area contributed by atoms with Gasteiger partial charge in [0.15, 0.2) is 0 Å². The third kappa shape index (κ3) is 3.61. The van der Waals surface area contributed by atoms with Gasteiger partial charge in [-0.25, -0.2) is 4.79 Å². The van der Waals surface area contributed by atoms with Crippen molar-refractivity contribution < 1.29 is 19.5 Å². The number of hydrogen-bond acceptors (Lipinski definition) is 3. The van der Waals surface area contributed by atoms with Gasteiger partial charge in [-0.15, -0.1) is 0 Å². The third-order valence-electron chi connectivity index (χ3n) is 3.86. The van der Waals surface area contributed by atoms with Crippen LogP contribution in [0.4, 0.5) is 4.79 Å². The van der Waals surface area contributed by atoms with E-state index in [0.29, 0.717) is 13.0 Å². The number of hydrogen-bond donors (Lipinski definition) is 2. The average Bonchev–Trinajstić information content (AvgIpc) is 2.88. The molecule has 0 spiro atoms. The molecule has 0 bridgehead atoms. The zero-order chi connectivity index (χ0) is 14.5. The molecule has 20 heavy (non-hydrogen) atoms. The third-order valence-corrected chi connectivity index (χ3v) is 3.86. The van der Waals surface area contributed by atoms with E-state index in [1.165, 1.54) is 4.90 Å². The average molecular weight is 283 g/mol. The first-order valence-electron chi connectivity index (χ1n) is 7.14. The number of carbonyl (C=O) groups excluding carboxylic acids is 2. The molecule has 3 amide bonds. The molecule has 2 N–H and O–H groups in total. The summed E-state index contributed by atoms with van der Waals surface area (Å²) >= 11 is 0.